The van der Waals surface area contributed by atoms with Gasteiger partial charge in [0.1, 0.15) is 30.0 Å². The lowest BCUT2D eigenvalue weighted by molar-refractivity contribution is -0.140. The topological polar surface area (TPSA) is 96.0 Å². The van der Waals surface area contributed by atoms with E-state index in [0.29, 0.717) is 12.4 Å². The van der Waals surface area contributed by atoms with Gasteiger partial charge >= 0.3 is 0 Å². The maximum absolute atomic E-state index is 15.1. The van der Waals surface area contributed by atoms with Crippen LogP contribution in [0.15, 0.2) is 108 Å². The molecule has 1 N–H and O–H groups in total. The van der Waals surface area contributed by atoms with Crippen LogP contribution >= 0.6 is 0 Å². The van der Waals surface area contributed by atoms with Crippen LogP contribution in [0.4, 0.5) is 14.5 Å². The summed E-state index contributed by atoms with van der Waals surface area (Å²) in [5, 5.41) is 3.09. The van der Waals surface area contributed by atoms with Crippen molar-refractivity contribution in [1.29, 1.82) is 0 Å². The number of benzene rings is 4. The van der Waals surface area contributed by atoms with Gasteiger partial charge in [0.05, 0.1) is 17.2 Å². The van der Waals surface area contributed by atoms with Crippen LogP contribution in [0.3, 0.4) is 0 Å². The van der Waals surface area contributed by atoms with E-state index in [2.05, 4.69) is 5.32 Å². The molecule has 48 heavy (non-hydrogen) atoms. The van der Waals surface area contributed by atoms with Gasteiger partial charge in [-0.15, -0.1) is 0 Å². The minimum Gasteiger partial charge on any atom is -0.494 e. The van der Waals surface area contributed by atoms with Crippen LogP contribution in [0.2, 0.25) is 0 Å². The Balaban J connectivity index is 1.57. The second-order valence-corrected chi connectivity index (χ2v) is 13.6. The number of ether oxygens (including phenoxy) is 1. The van der Waals surface area contributed by atoms with Crippen LogP contribution in [0.1, 0.15) is 43.7 Å². The van der Waals surface area contributed by atoms with E-state index in [9.17, 15) is 22.4 Å². The third-order valence-corrected chi connectivity index (χ3v) is 10.2. The second kappa shape index (κ2) is 15.9. The van der Waals surface area contributed by atoms with Crippen LogP contribution < -0.4 is 14.4 Å². The Hall–Kier alpha value is -4.77. The molecule has 8 nitrogen and oxygen atoms in total. The zero-order chi connectivity index (χ0) is 34.1. The molecule has 1 atom stereocenters. The van der Waals surface area contributed by atoms with E-state index in [1.807, 2.05) is 37.3 Å². The number of sulfonamides is 1. The fourth-order valence-electron chi connectivity index (χ4n) is 5.87. The summed E-state index contributed by atoms with van der Waals surface area (Å²) in [6.45, 7) is 1.21. The van der Waals surface area contributed by atoms with Crippen molar-refractivity contribution in [1.82, 2.24) is 10.2 Å². The summed E-state index contributed by atoms with van der Waals surface area (Å²) < 4.78 is 63.6. The molecule has 11 heteroatoms. The van der Waals surface area contributed by atoms with Gasteiger partial charge in [-0.3, -0.25) is 13.9 Å². The first-order valence-electron chi connectivity index (χ1n) is 16.0. The van der Waals surface area contributed by atoms with Crippen LogP contribution in [-0.2, 0) is 32.6 Å². The number of anilines is 1. The van der Waals surface area contributed by atoms with E-state index in [1.54, 1.807) is 18.2 Å². The number of hydrogen-bond acceptors (Lipinski definition) is 5. The maximum atomic E-state index is 15.1. The smallest absolute Gasteiger partial charge is 0.264 e. The predicted molar refractivity (Wildman–Crippen MR) is 180 cm³/mol. The minimum absolute atomic E-state index is 0.0552. The molecule has 2 amide bonds. The van der Waals surface area contributed by atoms with Gasteiger partial charge < -0.3 is 15.0 Å². The standard InChI is InChI=1S/C37H39F2N3O5S/c1-2-47-32-20-18-31(19-21-32)42(48(45,46)33-22-16-29(38)17-23-33)26-36(43)41(25-28-12-6-9-15-34(28)39)35(24-27-10-4-3-5-11-27)37(44)40-30-13-7-8-14-30/h3-6,9-12,15-23,30,35H,2,7-8,13-14,24-26H2,1H3,(H,40,44)/t35-/m1/s1. The van der Waals surface area contributed by atoms with Crippen LogP contribution in [0.5, 0.6) is 5.75 Å². The first-order valence-corrected chi connectivity index (χ1v) is 17.5. The van der Waals surface area contributed by atoms with Crippen LogP contribution in [0, 0.1) is 11.6 Å². The molecule has 1 saturated carbocycles. The Bertz CT molecular complexity index is 1780. The highest BCUT2D eigenvalue weighted by Crippen LogP contribution is 2.28. The Kier molecular flexibility index (Phi) is 11.4. The van der Waals surface area contributed by atoms with Crippen molar-refractivity contribution in [3.63, 3.8) is 0 Å². The molecule has 4 aromatic rings. The highest BCUT2D eigenvalue weighted by atomic mass is 32.2. The molecular formula is C37H39F2N3O5S. The van der Waals surface area contributed by atoms with E-state index in [4.69, 9.17) is 4.74 Å². The molecule has 4 aromatic carbocycles. The molecule has 0 heterocycles. The summed E-state index contributed by atoms with van der Waals surface area (Å²) >= 11 is 0. The van der Waals surface area contributed by atoms with Gasteiger partial charge in [-0.2, -0.15) is 0 Å². The number of carbonyl (C=O) groups is 2. The lowest BCUT2D eigenvalue weighted by Gasteiger charge is -2.34. The number of nitrogens with one attached hydrogen (secondary N) is 1. The van der Waals surface area contributed by atoms with Gasteiger partial charge in [0.25, 0.3) is 10.0 Å². The zero-order valence-electron chi connectivity index (χ0n) is 26.7. The number of amides is 2. The summed E-state index contributed by atoms with van der Waals surface area (Å²) in [5.41, 5.74) is 1.10. The van der Waals surface area contributed by atoms with Crippen molar-refractivity contribution in [3.8, 4) is 5.75 Å². The second-order valence-electron chi connectivity index (χ2n) is 11.7. The van der Waals surface area contributed by atoms with E-state index in [1.165, 1.54) is 35.2 Å². The summed E-state index contributed by atoms with van der Waals surface area (Å²) in [6.07, 6.45) is 3.70. The van der Waals surface area contributed by atoms with E-state index < -0.39 is 46.1 Å². The van der Waals surface area contributed by atoms with Crippen LogP contribution in [0.25, 0.3) is 0 Å². The van der Waals surface area contributed by atoms with Gasteiger partial charge in [0.15, 0.2) is 0 Å². The Labute approximate surface area is 280 Å². The number of halogens is 2. The molecule has 0 spiro atoms. The number of hydrogen-bond donors (Lipinski definition) is 1. The molecule has 0 bridgehead atoms. The van der Waals surface area contributed by atoms with Crippen molar-refractivity contribution in [3.05, 3.63) is 126 Å². The molecule has 1 fully saturated rings. The first-order chi connectivity index (χ1) is 23.2. The normalized spacial score (nSPS) is 13.9. The van der Waals surface area contributed by atoms with E-state index >= 15 is 4.39 Å². The van der Waals surface area contributed by atoms with Gasteiger partial charge in [-0.25, -0.2) is 17.2 Å². The Morgan fingerprint density at radius 3 is 2.17 bits per heavy atom. The third kappa shape index (κ3) is 8.57. The maximum Gasteiger partial charge on any atom is 0.264 e. The summed E-state index contributed by atoms with van der Waals surface area (Å²) in [4.78, 5) is 29.6. The quantitative estimate of drug-likeness (QED) is 0.170. The van der Waals surface area contributed by atoms with Crippen LogP contribution in [-0.4, -0.2) is 50.4 Å². The lowest BCUT2D eigenvalue weighted by atomic mass is 10.0. The molecule has 0 radical (unpaired) electrons. The predicted octanol–water partition coefficient (Wildman–Crippen LogP) is 6.26. The number of carbonyl (C=O) groups excluding carboxylic acids is 2. The summed E-state index contributed by atoms with van der Waals surface area (Å²) in [5.74, 6) is -1.80. The van der Waals surface area contributed by atoms with E-state index in [0.717, 1.165) is 59.8 Å². The lowest BCUT2D eigenvalue weighted by Crippen LogP contribution is -2.54. The Morgan fingerprint density at radius 1 is 0.875 bits per heavy atom. The molecule has 1 aliphatic carbocycles. The SMILES string of the molecule is CCOc1ccc(N(CC(=O)N(Cc2ccccc2F)[C@H](Cc2ccccc2)C(=O)NC2CCCC2)S(=O)(=O)c2ccc(F)cc2)cc1. The minimum atomic E-state index is -4.43. The highest BCUT2D eigenvalue weighted by Gasteiger charge is 2.36. The largest absolute Gasteiger partial charge is 0.494 e. The molecule has 0 saturated heterocycles. The van der Waals surface area contributed by atoms with Gasteiger partial charge in [-0.1, -0.05) is 61.4 Å². The molecule has 252 valence electrons. The molecule has 0 aromatic heterocycles. The average molecular weight is 676 g/mol. The van der Waals surface area contributed by atoms with Crippen molar-refractivity contribution < 1.29 is 31.5 Å². The van der Waals surface area contributed by atoms with Gasteiger partial charge in [0.2, 0.25) is 11.8 Å². The van der Waals surface area contributed by atoms with Crippen molar-refractivity contribution in [2.75, 3.05) is 17.5 Å². The van der Waals surface area contributed by atoms with E-state index in [-0.39, 0.29) is 35.2 Å². The fraction of sp³-hybridized carbons (Fsp3) is 0.297. The third-order valence-electron chi connectivity index (χ3n) is 8.39. The van der Waals surface area contributed by atoms with Crippen molar-refractivity contribution in [2.45, 2.75) is 62.6 Å². The number of rotatable bonds is 14. The highest BCUT2D eigenvalue weighted by molar-refractivity contribution is 7.92. The summed E-state index contributed by atoms with van der Waals surface area (Å²) in [6, 6.07) is 24.5. The molecular weight excluding hydrogens is 636 g/mol. The molecule has 0 unspecified atom stereocenters. The number of nitrogens with zero attached hydrogens (tertiary/aromatic N) is 2. The monoisotopic (exact) mass is 675 g/mol. The van der Waals surface area contributed by atoms with Crippen molar-refractivity contribution >= 4 is 27.5 Å². The van der Waals surface area contributed by atoms with Gasteiger partial charge in [0, 0.05) is 24.6 Å². The summed E-state index contributed by atoms with van der Waals surface area (Å²) in [7, 11) is -4.43. The first kappa shape index (κ1) is 34.6. The average Bonchev–Trinajstić information content (AvgIpc) is 3.60. The molecule has 1 aliphatic rings. The zero-order valence-corrected chi connectivity index (χ0v) is 27.5. The van der Waals surface area contributed by atoms with Gasteiger partial charge in [-0.05, 0) is 79.9 Å². The fourth-order valence-corrected chi connectivity index (χ4v) is 7.28. The molecule has 5 rings (SSSR count). The van der Waals surface area contributed by atoms with Crippen molar-refractivity contribution in [2.24, 2.45) is 0 Å². The molecule has 0 aliphatic heterocycles. The Morgan fingerprint density at radius 2 is 1.52 bits per heavy atom.